The van der Waals surface area contributed by atoms with Crippen molar-refractivity contribution in [2.24, 2.45) is 0 Å². The van der Waals surface area contributed by atoms with Crippen molar-refractivity contribution in [1.29, 1.82) is 0 Å². The summed E-state index contributed by atoms with van der Waals surface area (Å²) in [5.74, 6) is 0.00678. The zero-order chi connectivity index (χ0) is 25.0. The van der Waals surface area contributed by atoms with E-state index in [1.807, 2.05) is 4.72 Å². The van der Waals surface area contributed by atoms with Gasteiger partial charge in [0.1, 0.15) is 5.75 Å². The number of carbonyl (C=O) groups is 1. The molecule has 1 aliphatic rings. The molecule has 2 aromatic heterocycles. The fourth-order valence-electron chi connectivity index (χ4n) is 4.09. The van der Waals surface area contributed by atoms with E-state index >= 15 is 0 Å². The molecule has 1 fully saturated rings. The number of nitrogens with zero attached hydrogens (tertiary/aromatic N) is 5. The molecule has 2 N–H and O–H groups in total. The molecular weight excluding hydrogens is 468 g/mol. The lowest BCUT2D eigenvalue weighted by Crippen LogP contribution is -2.46. The Bertz CT molecular complexity index is 1310. The SMILES string of the molecule is CCc1cc(-c2cncc(O)c2)ccc1CN1CCN(c2ccc(C(=O)NS(C)(=O)=O)nn2)CC1. The van der Waals surface area contributed by atoms with Crippen LogP contribution in [0.5, 0.6) is 5.75 Å². The molecule has 184 valence electrons. The lowest BCUT2D eigenvalue weighted by Gasteiger charge is -2.35. The summed E-state index contributed by atoms with van der Waals surface area (Å²) in [7, 11) is -3.65. The summed E-state index contributed by atoms with van der Waals surface area (Å²) in [6.45, 7) is 6.19. The van der Waals surface area contributed by atoms with Gasteiger partial charge in [-0.3, -0.25) is 14.7 Å². The Morgan fingerprint density at radius 3 is 2.40 bits per heavy atom. The van der Waals surface area contributed by atoms with Crippen LogP contribution in [0.25, 0.3) is 11.1 Å². The molecule has 1 saturated heterocycles. The largest absolute Gasteiger partial charge is 0.506 e. The highest BCUT2D eigenvalue weighted by Crippen LogP contribution is 2.26. The van der Waals surface area contributed by atoms with Gasteiger partial charge in [0, 0.05) is 44.5 Å². The van der Waals surface area contributed by atoms with Crippen molar-refractivity contribution >= 4 is 21.7 Å². The van der Waals surface area contributed by atoms with E-state index in [0.717, 1.165) is 56.5 Å². The van der Waals surface area contributed by atoms with Gasteiger partial charge in [0.05, 0.1) is 12.5 Å². The maximum absolute atomic E-state index is 11.9. The molecule has 0 spiro atoms. The second-order valence-electron chi connectivity index (χ2n) is 8.51. The lowest BCUT2D eigenvalue weighted by molar-refractivity contribution is 0.0976. The minimum atomic E-state index is -3.65. The van der Waals surface area contributed by atoms with Gasteiger partial charge in [-0.05, 0) is 41.3 Å². The van der Waals surface area contributed by atoms with Gasteiger partial charge >= 0.3 is 0 Å². The topological polar surface area (TPSA) is 129 Å². The van der Waals surface area contributed by atoms with E-state index in [-0.39, 0.29) is 11.4 Å². The number of anilines is 1. The minimum Gasteiger partial charge on any atom is -0.506 e. The monoisotopic (exact) mass is 496 g/mol. The van der Waals surface area contributed by atoms with Gasteiger partial charge in [0.2, 0.25) is 10.0 Å². The van der Waals surface area contributed by atoms with Crippen molar-refractivity contribution in [2.75, 3.05) is 37.3 Å². The van der Waals surface area contributed by atoms with Crippen LogP contribution in [0.4, 0.5) is 5.82 Å². The van der Waals surface area contributed by atoms with Crippen LogP contribution < -0.4 is 9.62 Å². The van der Waals surface area contributed by atoms with Crippen molar-refractivity contribution in [1.82, 2.24) is 24.8 Å². The number of benzene rings is 1. The van der Waals surface area contributed by atoms with Crippen molar-refractivity contribution in [2.45, 2.75) is 19.9 Å². The number of carbonyl (C=O) groups excluding carboxylic acids is 1. The van der Waals surface area contributed by atoms with E-state index in [9.17, 15) is 18.3 Å². The van der Waals surface area contributed by atoms with Gasteiger partial charge in [-0.15, -0.1) is 10.2 Å². The first-order valence-corrected chi connectivity index (χ1v) is 13.2. The van der Waals surface area contributed by atoms with Gasteiger partial charge in [0.15, 0.2) is 11.5 Å². The zero-order valence-electron chi connectivity index (χ0n) is 19.7. The molecule has 3 heterocycles. The molecule has 0 bridgehead atoms. The zero-order valence-corrected chi connectivity index (χ0v) is 20.5. The number of pyridine rings is 1. The van der Waals surface area contributed by atoms with E-state index < -0.39 is 15.9 Å². The second kappa shape index (κ2) is 10.4. The number of aryl methyl sites for hydroxylation is 1. The maximum Gasteiger partial charge on any atom is 0.285 e. The summed E-state index contributed by atoms with van der Waals surface area (Å²) in [5.41, 5.74) is 4.42. The quantitative estimate of drug-likeness (QED) is 0.503. The summed E-state index contributed by atoms with van der Waals surface area (Å²) >= 11 is 0. The highest BCUT2D eigenvalue weighted by Gasteiger charge is 2.20. The predicted octanol–water partition coefficient (Wildman–Crippen LogP) is 1.82. The molecule has 10 nitrogen and oxygen atoms in total. The Kier molecular flexibility index (Phi) is 7.27. The summed E-state index contributed by atoms with van der Waals surface area (Å²) in [6.07, 6.45) is 5.00. The van der Waals surface area contributed by atoms with Crippen molar-refractivity contribution in [3.8, 4) is 16.9 Å². The third kappa shape index (κ3) is 6.31. The molecule has 0 aliphatic carbocycles. The number of piperazine rings is 1. The Morgan fingerprint density at radius 1 is 1.00 bits per heavy atom. The number of aromatic hydroxyl groups is 1. The average molecular weight is 497 g/mol. The molecule has 1 aromatic carbocycles. The van der Waals surface area contributed by atoms with Gasteiger partial charge in [-0.2, -0.15) is 0 Å². The third-order valence-electron chi connectivity index (χ3n) is 5.90. The van der Waals surface area contributed by atoms with E-state index in [0.29, 0.717) is 5.82 Å². The summed E-state index contributed by atoms with van der Waals surface area (Å²) in [6, 6.07) is 11.3. The number of sulfonamides is 1. The van der Waals surface area contributed by atoms with Crippen LogP contribution in [0.3, 0.4) is 0 Å². The normalized spacial score (nSPS) is 14.6. The molecular formula is C24H28N6O4S. The first-order valence-electron chi connectivity index (χ1n) is 11.3. The third-order valence-corrected chi connectivity index (χ3v) is 6.45. The van der Waals surface area contributed by atoms with Gasteiger partial charge in [-0.25, -0.2) is 13.1 Å². The molecule has 1 aliphatic heterocycles. The standard InChI is InChI=1S/C24H28N6O4S/c1-3-17-12-18(20-13-21(31)15-25-14-20)4-5-19(17)16-29-8-10-30(11-9-29)23-7-6-22(26-27-23)24(32)28-35(2,33)34/h4-7,12-15,31H,3,8-11,16H2,1-2H3,(H,28,32). The molecule has 0 unspecified atom stereocenters. The smallest absolute Gasteiger partial charge is 0.285 e. The summed E-state index contributed by atoms with van der Waals surface area (Å²) in [4.78, 5) is 20.5. The number of nitrogens with one attached hydrogen (secondary N) is 1. The fourth-order valence-corrected chi connectivity index (χ4v) is 4.53. The molecule has 1 amide bonds. The van der Waals surface area contributed by atoms with Gasteiger partial charge < -0.3 is 10.0 Å². The van der Waals surface area contributed by atoms with Crippen LogP contribution >= 0.6 is 0 Å². The minimum absolute atomic E-state index is 0.0464. The van der Waals surface area contributed by atoms with E-state index in [1.165, 1.54) is 23.4 Å². The molecule has 11 heteroatoms. The molecule has 4 rings (SSSR count). The van der Waals surface area contributed by atoms with Crippen LogP contribution in [-0.4, -0.2) is 71.9 Å². The average Bonchev–Trinajstić information content (AvgIpc) is 2.84. The predicted molar refractivity (Wildman–Crippen MR) is 133 cm³/mol. The van der Waals surface area contributed by atoms with Crippen LogP contribution in [0.1, 0.15) is 28.5 Å². The van der Waals surface area contributed by atoms with Crippen LogP contribution in [-0.2, 0) is 23.0 Å². The van der Waals surface area contributed by atoms with Crippen molar-refractivity contribution < 1.29 is 18.3 Å². The van der Waals surface area contributed by atoms with Crippen LogP contribution in [0.15, 0.2) is 48.8 Å². The van der Waals surface area contributed by atoms with E-state index in [1.54, 1.807) is 18.3 Å². The van der Waals surface area contributed by atoms with E-state index in [4.69, 9.17) is 0 Å². The molecule has 0 radical (unpaired) electrons. The number of aromatic nitrogens is 3. The number of hydrogen-bond acceptors (Lipinski definition) is 9. The van der Waals surface area contributed by atoms with Gasteiger partial charge in [0.25, 0.3) is 5.91 Å². The number of amides is 1. The maximum atomic E-state index is 11.9. The summed E-state index contributed by atoms with van der Waals surface area (Å²) < 4.78 is 24.3. The van der Waals surface area contributed by atoms with Crippen LogP contribution in [0.2, 0.25) is 0 Å². The Labute approximate surface area is 204 Å². The number of hydrogen-bond donors (Lipinski definition) is 2. The Hall–Kier alpha value is -3.57. The first-order chi connectivity index (χ1) is 16.7. The molecule has 3 aromatic rings. The highest BCUT2D eigenvalue weighted by molar-refractivity contribution is 7.89. The first kappa shape index (κ1) is 24.6. The number of rotatable bonds is 7. The van der Waals surface area contributed by atoms with Crippen molar-refractivity contribution in [3.05, 3.63) is 65.6 Å². The molecule has 35 heavy (non-hydrogen) atoms. The molecule has 0 saturated carbocycles. The van der Waals surface area contributed by atoms with Crippen molar-refractivity contribution in [3.63, 3.8) is 0 Å². The fraction of sp³-hybridized carbons (Fsp3) is 0.333. The highest BCUT2D eigenvalue weighted by atomic mass is 32.2. The van der Waals surface area contributed by atoms with E-state index in [2.05, 4.69) is 50.1 Å². The summed E-state index contributed by atoms with van der Waals surface area (Å²) in [5, 5.41) is 17.7. The Morgan fingerprint density at radius 2 is 1.77 bits per heavy atom. The lowest BCUT2D eigenvalue weighted by atomic mass is 9.98. The molecule has 0 atom stereocenters. The van der Waals surface area contributed by atoms with Crippen LogP contribution in [0, 0.1) is 0 Å². The Balaban J connectivity index is 1.36. The van der Waals surface area contributed by atoms with Gasteiger partial charge in [-0.1, -0.05) is 25.1 Å². The second-order valence-corrected chi connectivity index (χ2v) is 10.3.